The van der Waals surface area contributed by atoms with Crippen molar-refractivity contribution in [3.8, 4) is 0 Å². The van der Waals surface area contributed by atoms with E-state index in [9.17, 15) is 8.42 Å². The van der Waals surface area contributed by atoms with Gasteiger partial charge in [0.1, 0.15) is 11.6 Å². The molecule has 22 heavy (non-hydrogen) atoms. The van der Waals surface area contributed by atoms with Crippen LogP contribution < -0.4 is 15.4 Å². The highest BCUT2D eigenvalue weighted by Crippen LogP contribution is 2.11. The van der Waals surface area contributed by atoms with Crippen LogP contribution >= 0.6 is 0 Å². The number of hydrogen-bond acceptors (Lipinski definition) is 7. The number of aromatic nitrogens is 3. The van der Waals surface area contributed by atoms with Crippen LogP contribution in [0.5, 0.6) is 0 Å². The number of hydrogen-bond donors (Lipinski definition) is 3. The summed E-state index contributed by atoms with van der Waals surface area (Å²) in [5, 5.41) is 14.0. The number of nitrogens with one attached hydrogen (secondary N) is 3. The Morgan fingerprint density at radius 3 is 2.41 bits per heavy atom. The van der Waals surface area contributed by atoms with Gasteiger partial charge in [-0.15, -0.1) is 10.2 Å². The van der Waals surface area contributed by atoms with Gasteiger partial charge in [-0.2, -0.15) is 0 Å². The molecule has 2 aromatic heterocycles. The van der Waals surface area contributed by atoms with Crippen molar-refractivity contribution >= 4 is 27.5 Å². The smallest absolute Gasteiger partial charge is 0.211 e. The lowest BCUT2D eigenvalue weighted by Crippen LogP contribution is -2.30. The van der Waals surface area contributed by atoms with Crippen molar-refractivity contribution in [3.63, 3.8) is 0 Å². The van der Waals surface area contributed by atoms with E-state index in [2.05, 4.69) is 30.5 Å². The highest BCUT2D eigenvalue weighted by atomic mass is 32.2. The van der Waals surface area contributed by atoms with Crippen LogP contribution in [0.25, 0.3) is 0 Å². The number of pyridine rings is 1. The molecule has 0 amide bonds. The number of sulfonamides is 1. The van der Waals surface area contributed by atoms with Gasteiger partial charge < -0.3 is 10.6 Å². The Hall–Kier alpha value is -2.26. The fourth-order valence-corrected chi connectivity index (χ4v) is 2.18. The number of nitrogens with zero attached hydrogens (tertiary/aromatic N) is 3. The van der Waals surface area contributed by atoms with Crippen LogP contribution in [-0.4, -0.2) is 42.4 Å². The van der Waals surface area contributed by atoms with Crippen LogP contribution in [0, 0.1) is 0 Å². The highest BCUT2D eigenvalue weighted by Gasteiger charge is 2.04. The maximum Gasteiger partial charge on any atom is 0.211 e. The van der Waals surface area contributed by atoms with Crippen molar-refractivity contribution in [2.45, 2.75) is 6.92 Å². The van der Waals surface area contributed by atoms with Gasteiger partial charge in [-0.25, -0.2) is 18.1 Å². The van der Waals surface area contributed by atoms with Gasteiger partial charge in [-0.3, -0.25) is 0 Å². The van der Waals surface area contributed by atoms with Crippen LogP contribution in [0.1, 0.15) is 6.92 Å². The summed E-state index contributed by atoms with van der Waals surface area (Å²) in [6.07, 6.45) is 1.68. The molecule has 0 unspecified atom stereocenters. The summed E-state index contributed by atoms with van der Waals surface area (Å²) >= 11 is 0. The summed E-state index contributed by atoms with van der Waals surface area (Å²) in [6.45, 7) is 2.32. The molecule has 0 atom stereocenters. The van der Waals surface area contributed by atoms with Crippen molar-refractivity contribution < 1.29 is 8.42 Å². The average Bonchev–Trinajstić information content (AvgIpc) is 2.54. The van der Waals surface area contributed by atoms with E-state index in [1.54, 1.807) is 25.3 Å². The minimum Gasteiger partial charge on any atom is -0.367 e. The standard InChI is InChI=1S/C13H18N6O2S/c1-2-22(20,21)16-10-9-15-12-6-7-13(19-18-12)17-11-5-3-4-8-14-11/h3-8,16H,2,9-10H2,1H3,(H,15,18)(H,14,17,19). The van der Waals surface area contributed by atoms with Gasteiger partial charge in [0.2, 0.25) is 10.0 Å². The molecule has 0 aliphatic rings. The van der Waals surface area contributed by atoms with Gasteiger partial charge in [-0.05, 0) is 31.2 Å². The Balaban J connectivity index is 1.80. The van der Waals surface area contributed by atoms with Crippen LogP contribution in [0.15, 0.2) is 36.5 Å². The second-order valence-electron chi connectivity index (χ2n) is 4.37. The van der Waals surface area contributed by atoms with E-state index in [1.165, 1.54) is 0 Å². The van der Waals surface area contributed by atoms with Gasteiger partial charge in [0.25, 0.3) is 0 Å². The third-order valence-electron chi connectivity index (χ3n) is 2.72. The first-order chi connectivity index (χ1) is 10.6. The molecule has 2 rings (SSSR count). The lowest BCUT2D eigenvalue weighted by atomic mass is 10.4. The Labute approximate surface area is 129 Å². The molecule has 0 fully saturated rings. The molecule has 0 bridgehead atoms. The molecular formula is C13H18N6O2S. The predicted molar refractivity (Wildman–Crippen MR) is 85.5 cm³/mol. The third-order valence-corrected chi connectivity index (χ3v) is 4.12. The summed E-state index contributed by atoms with van der Waals surface area (Å²) in [5.74, 6) is 1.91. The van der Waals surface area contributed by atoms with Gasteiger partial charge in [0.15, 0.2) is 5.82 Å². The fraction of sp³-hybridized carbons (Fsp3) is 0.308. The zero-order chi connectivity index (χ0) is 15.8. The molecule has 0 saturated heterocycles. The van der Waals surface area contributed by atoms with Crippen molar-refractivity contribution in [3.05, 3.63) is 36.5 Å². The Kier molecular flexibility index (Phi) is 5.61. The summed E-state index contributed by atoms with van der Waals surface area (Å²) in [6, 6.07) is 9.05. The Bertz CT molecular complexity index is 675. The maximum absolute atomic E-state index is 11.2. The van der Waals surface area contributed by atoms with Crippen LogP contribution in [0.2, 0.25) is 0 Å². The van der Waals surface area contributed by atoms with Gasteiger partial charge >= 0.3 is 0 Å². The molecule has 2 aromatic rings. The zero-order valence-corrected chi connectivity index (χ0v) is 13.0. The molecule has 0 radical (unpaired) electrons. The van der Waals surface area contributed by atoms with Crippen LogP contribution in [0.3, 0.4) is 0 Å². The molecule has 3 N–H and O–H groups in total. The minimum atomic E-state index is -3.16. The average molecular weight is 322 g/mol. The molecule has 118 valence electrons. The molecule has 0 saturated carbocycles. The molecule has 0 spiro atoms. The molecule has 2 heterocycles. The Morgan fingerprint density at radius 2 is 1.77 bits per heavy atom. The molecule has 9 heteroatoms. The third kappa shape index (κ3) is 5.26. The second kappa shape index (κ2) is 7.66. The van der Waals surface area contributed by atoms with Gasteiger partial charge in [0, 0.05) is 19.3 Å². The second-order valence-corrected chi connectivity index (χ2v) is 6.46. The van der Waals surface area contributed by atoms with Crippen molar-refractivity contribution in [2.24, 2.45) is 0 Å². The fourth-order valence-electron chi connectivity index (χ4n) is 1.56. The van der Waals surface area contributed by atoms with E-state index in [0.29, 0.717) is 30.5 Å². The van der Waals surface area contributed by atoms with E-state index in [1.807, 2.05) is 18.2 Å². The van der Waals surface area contributed by atoms with Gasteiger partial charge in [-0.1, -0.05) is 6.07 Å². The van der Waals surface area contributed by atoms with Crippen LogP contribution in [-0.2, 0) is 10.0 Å². The molecule has 8 nitrogen and oxygen atoms in total. The first kappa shape index (κ1) is 16.1. The number of rotatable bonds is 8. The van der Waals surface area contributed by atoms with E-state index in [0.717, 1.165) is 0 Å². The predicted octanol–water partition coefficient (Wildman–Crippen LogP) is 0.966. The van der Waals surface area contributed by atoms with Gasteiger partial charge in [0.05, 0.1) is 5.75 Å². The molecular weight excluding hydrogens is 304 g/mol. The minimum absolute atomic E-state index is 0.0701. The van der Waals surface area contributed by atoms with E-state index in [4.69, 9.17) is 0 Å². The summed E-state index contributed by atoms with van der Waals surface area (Å²) < 4.78 is 25.0. The first-order valence-corrected chi connectivity index (χ1v) is 8.47. The lowest BCUT2D eigenvalue weighted by molar-refractivity contribution is 0.584. The van der Waals surface area contributed by atoms with Crippen molar-refractivity contribution in [1.82, 2.24) is 19.9 Å². The number of anilines is 3. The van der Waals surface area contributed by atoms with E-state index < -0.39 is 10.0 Å². The first-order valence-electron chi connectivity index (χ1n) is 6.82. The normalized spacial score (nSPS) is 11.1. The monoisotopic (exact) mass is 322 g/mol. The topological polar surface area (TPSA) is 109 Å². The quantitative estimate of drug-likeness (QED) is 0.621. The van der Waals surface area contributed by atoms with Crippen molar-refractivity contribution in [2.75, 3.05) is 29.5 Å². The molecule has 0 aliphatic heterocycles. The molecule has 0 aliphatic carbocycles. The lowest BCUT2D eigenvalue weighted by Gasteiger charge is -2.07. The highest BCUT2D eigenvalue weighted by molar-refractivity contribution is 7.89. The largest absolute Gasteiger partial charge is 0.367 e. The summed E-state index contributed by atoms with van der Waals surface area (Å²) in [5.41, 5.74) is 0. The van der Waals surface area contributed by atoms with E-state index >= 15 is 0 Å². The molecule has 0 aromatic carbocycles. The summed E-state index contributed by atoms with van der Waals surface area (Å²) in [4.78, 5) is 4.13. The van der Waals surface area contributed by atoms with Crippen molar-refractivity contribution in [1.29, 1.82) is 0 Å². The summed E-state index contributed by atoms with van der Waals surface area (Å²) in [7, 11) is -3.16. The maximum atomic E-state index is 11.2. The SMILES string of the molecule is CCS(=O)(=O)NCCNc1ccc(Nc2ccccn2)nn1. The van der Waals surface area contributed by atoms with Crippen LogP contribution in [0.4, 0.5) is 17.5 Å². The Morgan fingerprint density at radius 1 is 1.00 bits per heavy atom. The zero-order valence-electron chi connectivity index (χ0n) is 12.2. The van der Waals surface area contributed by atoms with E-state index in [-0.39, 0.29) is 5.75 Å².